The number of thioether (sulfide) groups is 1. The lowest BCUT2D eigenvalue weighted by atomic mass is 10.1. The van der Waals surface area contributed by atoms with Crippen molar-refractivity contribution in [3.05, 3.63) is 47.3 Å². The van der Waals surface area contributed by atoms with E-state index in [1.807, 2.05) is 53.9 Å². The summed E-state index contributed by atoms with van der Waals surface area (Å²) in [6.45, 7) is 4.23. The summed E-state index contributed by atoms with van der Waals surface area (Å²) in [5, 5.41) is 6.90. The fourth-order valence-corrected chi connectivity index (χ4v) is 4.75. The lowest BCUT2D eigenvalue weighted by Crippen LogP contribution is -2.38. The molecule has 1 aromatic carbocycles. The number of carbonyl (C=O) groups is 2. The number of nitrogens with zero attached hydrogens (tertiary/aromatic N) is 3. The summed E-state index contributed by atoms with van der Waals surface area (Å²) in [5.41, 5.74) is 2.50. The molecule has 7 nitrogen and oxygen atoms in total. The van der Waals surface area contributed by atoms with Gasteiger partial charge in [-0.25, -0.2) is 4.79 Å². The predicted octanol–water partition coefficient (Wildman–Crippen LogP) is 3.47. The number of benzene rings is 1. The highest BCUT2D eigenvalue weighted by atomic mass is 32.2. The monoisotopic (exact) mass is 414 g/mol. The number of urea groups is 1. The average Bonchev–Trinajstić information content (AvgIpc) is 3.39. The molecule has 1 unspecified atom stereocenters. The van der Waals surface area contributed by atoms with E-state index < -0.39 is 0 Å². The van der Waals surface area contributed by atoms with Crippen molar-refractivity contribution < 1.29 is 14.1 Å². The lowest BCUT2D eigenvalue weighted by molar-refractivity contribution is -0.130. The second-order valence-corrected chi connectivity index (χ2v) is 8.74. The highest BCUT2D eigenvalue weighted by molar-refractivity contribution is 7.99. The van der Waals surface area contributed by atoms with Crippen LogP contribution in [0, 0.1) is 6.92 Å². The van der Waals surface area contributed by atoms with E-state index >= 15 is 0 Å². The zero-order valence-electron chi connectivity index (χ0n) is 16.6. The van der Waals surface area contributed by atoms with E-state index in [0.717, 1.165) is 60.1 Å². The van der Waals surface area contributed by atoms with Gasteiger partial charge in [-0.05, 0) is 37.5 Å². The van der Waals surface area contributed by atoms with Gasteiger partial charge in [0.15, 0.2) is 5.76 Å². The van der Waals surface area contributed by atoms with Crippen molar-refractivity contribution in [2.75, 3.05) is 36.5 Å². The Balaban J connectivity index is 1.34. The van der Waals surface area contributed by atoms with Crippen molar-refractivity contribution in [2.24, 2.45) is 0 Å². The Bertz CT molecular complexity index is 861. The van der Waals surface area contributed by atoms with Crippen LogP contribution >= 0.6 is 11.8 Å². The second-order valence-electron chi connectivity index (χ2n) is 7.52. The minimum atomic E-state index is -0.142. The Morgan fingerprint density at radius 2 is 1.97 bits per heavy atom. The van der Waals surface area contributed by atoms with E-state index in [4.69, 9.17) is 4.52 Å². The maximum Gasteiger partial charge on any atom is 0.322 e. The molecule has 2 fully saturated rings. The van der Waals surface area contributed by atoms with Gasteiger partial charge >= 0.3 is 6.03 Å². The topological polar surface area (TPSA) is 78.7 Å². The van der Waals surface area contributed by atoms with Gasteiger partial charge in [-0.15, -0.1) is 0 Å². The molecule has 0 spiro atoms. The van der Waals surface area contributed by atoms with Crippen LogP contribution in [-0.2, 0) is 11.2 Å². The Kier molecular flexibility index (Phi) is 6.08. The van der Waals surface area contributed by atoms with E-state index in [9.17, 15) is 9.59 Å². The zero-order chi connectivity index (χ0) is 20.2. The molecule has 29 heavy (non-hydrogen) atoms. The number of aryl methyl sites for hydroxylation is 1. The standard InChI is InChI=1S/C21H26N4O3S/c1-15-13-19(28-23-15)18-3-2-8-25(18)21(27)22-17-6-4-16(5-7-17)14-20(26)24-9-11-29-12-10-24/h4-7,13,18H,2-3,8-12,14H2,1H3,(H,22,27). The van der Waals surface area contributed by atoms with Crippen LogP contribution in [0.2, 0.25) is 0 Å². The van der Waals surface area contributed by atoms with Crippen molar-refractivity contribution in [2.45, 2.75) is 32.2 Å². The van der Waals surface area contributed by atoms with Gasteiger partial charge in [-0.1, -0.05) is 17.3 Å². The number of rotatable bonds is 4. The van der Waals surface area contributed by atoms with Gasteiger partial charge < -0.3 is 19.6 Å². The normalized spacial score (nSPS) is 19.4. The third-order valence-electron chi connectivity index (χ3n) is 5.41. The van der Waals surface area contributed by atoms with Crippen LogP contribution in [-0.4, -0.2) is 58.0 Å². The smallest absolute Gasteiger partial charge is 0.322 e. The fraction of sp³-hybridized carbons (Fsp3) is 0.476. The minimum Gasteiger partial charge on any atom is -0.359 e. The molecule has 1 aromatic heterocycles. The van der Waals surface area contributed by atoms with E-state index in [0.29, 0.717) is 13.0 Å². The molecule has 0 bridgehead atoms. The molecule has 4 rings (SSSR count). The molecule has 154 valence electrons. The van der Waals surface area contributed by atoms with Crippen LogP contribution in [0.15, 0.2) is 34.9 Å². The SMILES string of the molecule is Cc1cc(C2CCCN2C(=O)Nc2ccc(CC(=O)N3CCSCC3)cc2)on1. The van der Waals surface area contributed by atoms with Crippen molar-refractivity contribution in [3.8, 4) is 0 Å². The third kappa shape index (κ3) is 4.75. The van der Waals surface area contributed by atoms with Gasteiger partial charge in [0, 0.05) is 42.9 Å². The van der Waals surface area contributed by atoms with Gasteiger partial charge in [-0.2, -0.15) is 11.8 Å². The van der Waals surface area contributed by atoms with Gasteiger partial charge in [0.25, 0.3) is 0 Å². The van der Waals surface area contributed by atoms with Crippen LogP contribution in [0.1, 0.15) is 35.9 Å². The van der Waals surface area contributed by atoms with Crippen molar-refractivity contribution in [1.82, 2.24) is 15.0 Å². The molecule has 8 heteroatoms. The van der Waals surface area contributed by atoms with Crippen molar-refractivity contribution in [3.63, 3.8) is 0 Å². The molecule has 0 radical (unpaired) electrons. The average molecular weight is 415 g/mol. The number of hydrogen-bond donors (Lipinski definition) is 1. The summed E-state index contributed by atoms with van der Waals surface area (Å²) in [5.74, 6) is 2.94. The van der Waals surface area contributed by atoms with E-state index in [1.165, 1.54) is 0 Å². The molecule has 3 heterocycles. The number of anilines is 1. The largest absolute Gasteiger partial charge is 0.359 e. The summed E-state index contributed by atoms with van der Waals surface area (Å²) >= 11 is 1.89. The second kappa shape index (κ2) is 8.90. The van der Waals surface area contributed by atoms with Crippen LogP contribution < -0.4 is 5.32 Å². The number of aromatic nitrogens is 1. The minimum absolute atomic E-state index is 0.0733. The van der Waals surface area contributed by atoms with Crippen molar-refractivity contribution in [1.29, 1.82) is 0 Å². The highest BCUT2D eigenvalue weighted by Crippen LogP contribution is 2.32. The Hall–Kier alpha value is -2.48. The number of amides is 3. The predicted molar refractivity (Wildman–Crippen MR) is 113 cm³/mol. The lowest BCUT2D eigenvalue weighted by Gasteiger charge is -2.26. The summed E-state index contributed by atoms with van der Waals surface area (Å²) in [7, 11) is 0. The van der Waals surface area contributed by atoms with E-state index in [1.54, 1.807) is 4.90 Å². The molecule has 2 aliphatic heterocycles. The third-order valence-corrected chi connectivity index (χ3v) is 6.36. The molecular weight excluding hydrogens is 388 g/mol. The summed E-state index contributed by atoms with van der Waals surface area (Å²) in [4.78, 5) is 28.9. The Morgan fingerprint density at radius 1 is 1.21 bits per heavy atom. The fourth-order valence-electron chi connectivity index (χ4n) is 3.85. The molecular formula is C21H26N4O3S. The van der Waals surface area contributed by atoms with Gasteiger partial charge in [0.1, 0.15) is 0 Å². The quantitative estimate of drug-likeness (QED) is 0.829. The maximum atomic E-state index is 12.8. The molecule has 0 saturated carbocycles. The zero-order valence-corrected chi connectivity index (χ0v) is 17.4. The van der Waals surface area contributed by atoms with E-state index in [-0.39, 0.29) is 18.0 Å². The molecule has 2 aliphatic rings. The van der Waals surface area contributed by atoms with E-state index in [2.05, 4.69) is 10.5 Å². The highest BCUT2D eigenvalue weighted by Gasteiger charge is 2.32. The van der Waals surface area contributed by atoms with Gasteiger partial charge in [-0.3, -0.25) is 4.79 Å². The first-order valence-corrected chi connectivity index (χ1v) is 11.2. The summed E-state index contributed by atoms with van der Waals surface area (Å²) in [6.07, 6.45) is 2.21. The first kappa shape index (κ1) is 19.8. The van der Waals surface area contributed by atoms with Crippen LogP contribution in [0.25, 0.3) is 0 Å². The van der Waals surface area contributed by atoms with Crippen LogP contribution in [0.5, 0.6) is 0 Å². The molecule has 2 saturated heterocycles. The molecule has 1 atom stereocenters. The number of hydrogen-bond acceptors (Lipinski definition) is 5. The summed E-state index contributed by atoms with van der Waals surface area (Å²) in [6, 6.07) is 9.21. The number of likely N-dealkylation sites (tertiary alicyclic amines) is 1. The first-order valence-electron chi connectivity index (χ1n) is 10.1. The number of carbonyl (C=O) groups excluding carboxylic acids is 2. The number of nitrogens with one attached hydrogen (secondary N) is 1. The van der Waals surface area contributed by atoms with Crippen molar-refractivity contribution >= 4 is 29.4 Å². The van der Waals surface area contributed by atoms with Crippen LogP contribution in [0.4, 0.5) is 10.5 Å². The summed E-state index contributed by atoms with van der Waals surface area (Å²) < 4.78 is 5.37. The van der Waals surface area contributed by atoms with Gasteiger partial charge in [0.2, 0.25) is 5.91 Å². The maximum absolute atomic E-state index is 12.8. The molecule has 2 aromatic rings. The first-order chi connectivity index (χ1) is 14.1. The molecule has 0 aliphatic carbocycles. The molecule has 1 N–H and O–H groups in total. The van der Waals surface area contributed by atoms with Crippen LogP contribution in [0.3, 0.4) is 0 Å². The molecule has 3 amide bonds. The Morgan fingerprint density at radius 3 is 2.66 bits per heavy atom. The van der Waals surface area contributed by atoms with Gasteiger partial charge in [0.05, 0.1) is 18.2 Å². The Labute approximate surface area is 174 Å².